The maximum Gasteiger partial charge on any atom is 0.325 e. The summed E-state index contributed by atoms with van der Waals surface area (Å²) in [6, 6.07) is 0. The number of nitrogens with zero attached hydrogens (tertiary/aromatic N) is 3. The van der Waals surface area contributed by atoms with Crippen LogP contribution in [0, 0.1) is 0 Å². The van der Waals surface area contributed by atoms with Crippen LogP contribution in [0.15, 0.2) is 6.20 Å². The van der Waals surface area contributed by atoms with Gasteiger partial charge in [-0.2, -0.15) is 0 Å². The Morgan fingerprint density at radius 3 is 2.68 bits per heavy atom. The molecule has 1 aromatic heterocycles. The van der Waals surface area contributed by atoms with E-state index in [0.717, 1.165) is 10.9 Å². The minimum atomic E-state index is -3.29. The van der Waals surface area contributed by atoms with E-state index in [0.29, 0.717) is 0 Å². The third-order valence-electron chi connectivity index (χ3n) is 1.84. The molecule has 11 heteroatoms. The van der Waals surface area contributed by atoms with Gasteiger partial charge in [0.25, 0.3) is 5.91 Å². The van der Waals surface area contributed by atoms with Crippen LogP contribution in [0.1, 0.15) is 10.5 Å². The molecule has 106 valence electrons. The van der Waals surface area contributed by atoms with E-state index in [1.807, 2.05) is 0 Å². The highest BCUT2D eigenvalue weighted by Gasteiger charge is 2.11. The molecule has 1 rings (SSSR count). The summed E-state index contributed by atoms with van der Waals surface area (Å²) >= 11 is 0. The van der Waals surface area contributed by atoms with Crippen LogP contribution in [-0.2, 0) is 21.4 Å². The second kappa shape index (κ2) is 6.24. The van der Waals surface area contributed by atoms with Crippen molar-refractivity contribution in [2.45, 2.75) is 6.54 Å². The Labute approximate surface area is 108 Å². The van der Waals surface area contributed by atoms with Gasteiger partial charge in [0.1, 0.15) is 6.54 Å². The van der Waals surface area contributed by atoms with Crippen LogP contribution in [0.2, 0.25) is 0 Å². The number of hydrogen-bond acceptors (Lipinski definition) is 6. The lowest BCUT2D eigenvalue weighted by atomic mass is 10.4. The highest BCUT2D eigenvalue weighted by molar-refractivity contribution is 7.88. The molecule has 0 aliphatic heterocycles. The number of carbonyl (C=O) groups excluding carboxylic acids is 1. The van der Waals surface area contributed by atoms with Gasteiger partial charge in [-0.15, -0.1) is 5.10 Å². The molecule has 0 aromatic carbocycles. The number of rotatable bonds is 7. The van der Waals surface area contributed by atoms with Crippen molar-refractivity contribution in [2.24, 2.45) is 0 Å². The molecule has 0 saturated heterocycles. The molecule has 0 bridgehead atoms. The van der Waals surface area contributed by atoms with Gasteiger partial charge in [0, 0.05) is 13.1 Å². The monoisotopic (exact) mass is 291 g/mol. The fourth-order valence-corrected chi connectivity index (χ4v) is 1.59. The van der Waals surface area contributed by atoms with Crippen molar-refractivity contribution in [3.8, 4) is 0 Å². The zero-order chi connectivity index (χ0) is 14.5. The molecule has 0 radical (unpaired) electrons. The Bertz CT molecular complexity index is 566. The molecule has 0 aliphatic rings. The van der Waals surface area contributed by atoms with E-state index in [1.165, 1.54) is 6.20 Å². The molecule has 0 fully saturated rings. The Balaban J connectivity index is 2.41. The fraction of sp³-hybridized carbons (Fsp3) is 0.500. The first-order chi connectivity index (χ1) is 8.78. The van der Waals surface area contributed by atoms with E-state index >= 15 is 0 Å². The van der Waals surface area contributed by atoms with Crippen LogP contribution in [0.3, 0.4) is 0 Å². The normalized spacial score (nSPS) is 11.2. The molecule has 0 aliphatic carbocycles. The van der Waals surface area contributed by atoms with E-state index in [1.54, 1.807) is 0 Å². The second-order valence-electron chi connectivity index (χ2n) is 3.62. The number of carboxylic acid groups (broad SMARTS) is 1. The van der Waals surface area contributed by atoms with Crippen LogP contribution in [0.4, 0.5) is 0 Å². The molecule has 10 nitrogen and oxygen atoms in total. The Kier molecular flexibility index (Phi) is 4.94. The lowest BCUT2D eigenvalue weighted by molar-refractivity contribution is -0.137. The second-order valence-corrected chi connectivity index (χ2v) is 5.45. The molecule has 0 saturated carbocycles. The number of carboxylic acids is 1. The first kappa shape index (κ1) is 15.0. The van der Waals surface area contributed by atoms with Crippen LogP contribution < -0.4 is 10.0 Å². The Morgan fingerprint density at radius 2 is 2.11 bits per heavy atom. The molecule has 0 atom stereocenters. The molecule has 0 unspecified atom stereocenters. The number of amides is 1. The maximum absolute atomic E-state index is 11.5. The molecular weight excluding hydrogens is 278 g/mol. The maximum atomic E-state index is 11.5. The summed E-state index contributed by atoms with van der Waals surface area (Å²) in [5.41, 5.74) is -0.0411. The summed E-state index contributed by atoms with van der Waals surface area (Å²) in [6.07, 6.45) is 2.19. The SMILES string of the molecule is CS(=O)(=O)NCCNC(=O)c1cn(CC(=O)O)nn1. The van der Waals surface area contributed by atoms with Gasteiger partial charge in [-0.25, -0.2) is 17.8 Å². The summed E-state index contributed by atoms with van der Waals surface area (Å²) in [7, 11) is -3.29. The van der Waals surface area contributed by atoms with E-state index in [-0.39, 0.29) is 18.8 Å². The van der Waals surface area contributed by atoms with E-state index in [4.69, 9.17) is 5.11 Å². The van der Waals surface area contributed by atoms with Crippen molar-refractivity contribution in [1.82, 2.24) is 25.0 Å². The lowest BCUT2D eigenvalue weighted by Gasteiger charge is -2.03. The summed E-state index contributed by atoms with van der Waals surface area (Å²) in [4.78, 5) is 21.9. The molecule has 1 amide bonds. The number of nitrogens with one attached hydrogen (secondary N) is 2. The van der Waals surface area contributed by atoms with Crippen molar-refractivity contribution in [1.29, 1.82) is 0 Å². The number of aromatic nitrogens is 3. The topological polar surface area (TPSA) is 143 Å². The van der Waals surface area contributed by atoms with E-state index in [2.05, 4.69) is 20.4 Å². The molecule has 3 N–H and O–H groups in total. The van der Waals surface area contributed by atoms with E-state index < -0.39 is 28.4 Å². The van der Waals surface area contributed by atoms with Gasteiger partial charge in [-0.3, -0.25) is 9.59 Å². The third kappa shape index (κ3) is 5.92. The quantitative estimate of drug-likeness (QED) is 0.477. The minimum absolute atomic E-state index is 0.0411. The zero-order valence-corrected chi connectivity index (χ0v) is 10.8. The smallest absolute Gasteiger partial charge is 0.325 e. The van der Waals surface area contributed by atoms with E-state index in [9.17, 15) is 18.0 Å². The summed E-state index contributed by atoms with van der Waals surface area (Å²) < 4.78 is 24.7. The molecular formula is C8H13N5O5S. The number of sulfonamides is 1. The van der Waals surface area contributed by atoms with Crippen LogP contribution in [0.25, 0.3) is 0 Å². The minimum Gasteiger partial charge on any atom is -0.480 e. The largest absolute Gasteiger partial charge is 0.480 e. The molecule has 0 spiro atoms. The van der Waals surface area contributed by atoms with Crippen LogP contribution >= 0.6 is 0 Å². The summed E-state index contributed by atoms with van der Waals surface area (Å²) in [5, 5.41) is 17.9. The molecule has 19 heavy (non-hydrogen) atoms. The van der Waals surface area contributed by atoms with Crippen LogP contribution in [-0.4, -0.2) is 59.7 Å². The van der Waals surface area contributed by atoms with Crippen LogP contribution in [0.5, 0.6) is 0 Å². The van der Waals surface area contributed by atoms with Crippen molar-refractivity contribution in [2.75, 3.05) is 19.3 Å². The Morgan fingerprint density at radius 1 is 1.42 bits per heavy atom. The molecule has 1 aromatic rings. The van der Waals surface area contributed by atoms with Crippen molar-refractivity contribution in [3.63, 3.8) is 0 Å². The fourth-order valence-electron chi connectivity index (χ4n) is 1.12. The lowest BCUT2D eigenvalue weighted by Crippen LogP contribution is -2.34. The standard InChI is InChI=1S/C8H13N5O5S/c1-19(17,18)10-3-2-9-8(16)6-4-13(12-11-6)5-7(14)15/h4,10H,2-3,5H2,1H3,(H,9,16)(H,14,15). The van der Waals surface area contributed by atoms with Crippen molar-refractivity contribution in [3.05, 3.63) is 11.9 Å². The van der Waals surface area contributed by atoms with Gasteiger partial charge < -0.3 is 10.4 Å². The van der Waals surface area contributed by atoms with Gasteiger partial charge in [0.05, 0.1) is 12.5 Å². The number of carbonyl (C=O) groups is 2. The highest BCUT2D eigenvalue weighted by Crippen LogP contribution is 1.92. The van der Waals surface area contributed by atoms with Crippen molar-refractivity contribution >= 4 is 21.9 Å². The van der Waals surface area contributed by atoms with Gasteiger partial charge in [-0.1, -0.05) is 5.21 Å². The number of aliphatic carboxylic acids is 1. The predicted octanol–water partition coefficient (Wildman–Crippen LogP) is -2.36. The summed E-state index contributed by atoms with van der Waals surface area (Å²) in [6.45, 7) is -0.262. The van der Waals surface area contributed by atoms with Gasteiger partial charge >= 0.3 is 5.97 Å². The van der Waals surface area contributed by atoms with Gasteiger partial charge in [-0.05, 0) is 0 Å². The summed E-state index contributed by atoms with van der Waals surface area (Å²) in [5.74, 6) is -1.67. The molecule has 1 heterocycles. The number of hydrogen-bond donors (Lipinski definition) is 3. The Hall–Kier alpha value is -2.01. The third-order valence-corrected chi connectivity index (χ3v) is 2.57. The first-order valence-electron chi connectivity index (χ1n) is 5.12. The highest BCUT2D eigenvalue weighted by atomic mass is 32.2. The predicted molar refractivity (Wildman–Crippen MR) is 62.8 cm³/mol. The average Bonchev–Trinajstić information content (AvgIpc) is 2.70. The zero-order valence-electron chi connectivity index (χ0n) is 10.0. The average molecular weight is 291 g/mol. The van der Waals surface area contributed by atoms with Gasteiger partial charge in [0.2, 0.25) is 10.0 Å². The van der Waals surface area contributed by atoms with Gasteiger partial charge in [0.15, 0.2) is 5.69 Å². The first-order valence-corrected chi connectivity index (χ1v) is 7.02. The van der Waals surface area contributed by atoms with Crippen molar-refractivity contribution < 1.29 is 23.1 Å².